The number of phenols is 1. The molecule has 1 unspecified atom stereocenters. The summed E-state index contributed by atoms with van der Waals surface area (Å²) >= 11 is 0. The van der Waals surface area contributed by atoms with E-state index in [0.29, 0.717) is 34.9 Å². The lowest BCUT2D eigenvalue weighted by Gasteiger charge is -2.25. The van der Waals surface area contributed by atoms with Gasteiger partial charge >= 0.3 is 0 Å². The summed E-state index contributed by atoms with van der Waals surface area (Å²) < 4.78 is 10.9. The Bertz CT molecular complexity index is 1280. The maximum atomic E-state index is 13.2. The summed E-state index contributed by atoms with van der Waals surface area (Å²) in [5.74, 6) is -0.616. The molecule has 2 N–H and O–H groups in total. The number of ketones is 1. The Morgan fingerprint density at radius 1 is 1.03 bits per heavy atom. The summed E-state index contributed by atoms with van der Waals surface area (Å²) in [5.41, 5.74) is 2.15. The molecule has 34 heavy (non-hydrogen) atoms. The summed E-state index contributed by atoms with van der Waals surface area (Å²) in [6.07, 6.45) is 0. The predicted molar refractivity (Wildman–Crippen MR) is 128 cm³/mol. The topological polar surface area (TPSA) is 96.3 Å². The number of amides is 1. The maximum Gasteiger partial charge on any atom is 0.300 e. The van der Waals surface area contributed by atoms with E-state index in [1.165, 1.54) is 24.1 Å². The fourth-order valence-corrected chi connectivity index (χ4v) is 4.10. The van der Waals surface area contributed by atoms with Crippen molar-refractivity contribution in [3.05, 3.63) is 89.0 Å². The van der Waals surface area contributed by atoms with Crippen LogP contribution in [-0.4, -0.2) is 35.6 Å². The van der Waals surface area contributed by atoms with Crippen LogP contribution < -0.4 is 14.4 Å². The number of ether oxygens (including phenoxy) is 2. The Labute approximate surface area is 197 Å². The van der Waals surface area contributed by atoms with Crippen molar-refractivity contribution in [2.75, 3.05) is 18.6 Å². The number of aliphatic hydroxyl groups is 1. The number of aromatic hydroxyl groups is 1. The third-order valence-corrected chi connectivity index (χ3v) is 5.73. The number of rotatable bonds is 6. The third kappa shape index (κ3) is 4.08. The molecule has 1 atom stereocenters. The number of benzene rings is 3. The van der Waals surface area contributed by atoms with Crippen LogP contribution in [0.5, 0.6) is 17.2 Å². The molecule has 1 heterocycles. The van der Waals surface area contributed by atoms with Crippen LogP contribution in [0, 0.1) is 6.92 Å². The number of carbonyl (C=O) groups excluding carboxylic acids is 2. The molecule has 1 amide bonds. The predicted octanol–water partition coefficient (Wildman–Crippen LogP) is 4.73. The second kappa shape index (κ2) is 9.31. The van der Waals surface area contributed by atoms with E-state index in [-0.39, 0.29) is 17.1 Å². The fourth-order valence-electron chi connectivity index (χ4n) is 4.10. The first-order valence-corrected chi connectivity index (χ1v) is 10.8. The Morgan fingerprint density at radius 2 is 1.76 bits per heavy atom. The minimum Gasteiger partial charge on any atom is -0.508 e. The van der Waals surface area contributed by atoms with E-state index in [0.717, 1.165) is 5.56 Å². The lowest BCUT2D eigenvalue weighted by atomic mass is 9.94. The molecule has 0 bridgehead atoms. The molecule has 1 fully saturated rings. The normalized spacial score (nSPS) is 17.1. The van der Waals surface area contributed by atoms with Crippen molar-refractivity contribution in [1.82, 2.24) is 0 Å². The zero-order valence-electron chi connectivity index (χ0n) is 19.1. The van der Waals surface area contributed by atoms with Gasteiger partial charge in [0.15, 0.2) is 0 Å². The number of hydrogen-bond donors (Lipinski definition) is 2. The first kappa shape index (κ1) is 22.9. The van der Waals surface area contributed by atoms with E-state index in [1.54, 1.807) is 54.6 Å². The second-order valence-electron chi connectivity index (χ2n) is 7.88. The quantitative estimate of drug-likeness (QED) is 0.314. The zero-order valence-corrected chi connectivity index (χ0v) is 19.1. The highest BCUT2D eigenvalue weighted by atomic mass is 16.5. The molecule has 4 rings (SSSR count). The van der Waals surface area contributed by atoms with E-state index < -0.39 is 17.7 Å². The SMILES string of the molecule is CCOc1ccc(/C(O)=C2\C(=O)C(=O)N(c3cccc(OC)c3)C2c2ccc(O)cc2)cc1C. The minimum absolute atomic E-state index is 0.0398. The molecule has 0 radical (unpaired) electrons. The van der Waals surface area contributed by atoms with Crippen LogP contribution in [0.1, 0.15) is 29.7 Å². The molecule has 0 saturated carbocycles. The average Bonchev–Trinajstić information content (AvgIpc) is 3.11. The molecule has 7 nitrogen and oxygen atoms in total. The minimum atomic E-state index is -0.903. The molecule has 1 aliphatic heterocycles. The Morgan fingerprint density at radius 3 is 2.41 bits per heavy atom. The molecule has 1 saturated heterocycles. The van der Waals surface area contributed by atoms with E-state index in [2.05, 4.69) is 0 Å². The van der Waals surface area contributed by atoms with Crippen LogP contribution >= 0.6 is 0 Å². The summed E-state index contributed by atoms with van der Waals surface area (Å²) in [4.78, 5) is 27.8. The lowest BCUT2D eigenvalue weighted by molar-refractivity contribution is -0.132. The lowest BCUT2D eigenvalue weighted by Crippen LogP contribution is -2.29. The van der Waals surface area contributed by atoms with Crippen LogP contribution in [0.2, 0.25) is 0 Å². The molecule has 0 spiro atoms. The van der Waals surface area contributed by atoms with E-state index >= 15 is 0 Å². The first-order valence-electron chi connectivity index (χ1n) is 10.8. The highest BCUT2D eigenvalue weighted by Crippen LogP contribution is 2.43. The molecule has 3 aromatic carbocycles. The number of anilines is 1. The van der Waals surface area contributed by atoms with E-state index in [4.69, 9.17) is 9.47 Å². The Kier molecular flexibility index (Phi) is 6.27. The molecule has 1 aliphatic rings. The van der Waals surface area contributed by atoms with Gasteiger partial charge in [-0.15, -0.1) is 0 Å². The van der Waals surface area contributed by atoms with Crippen molar-refractivity contribution >= 4 is 23.1 Å². The zero-order chi connectivity index (χ0) is 24.4. The number of nitrogens with zero attached hydrogens (tertiary/aromatic N) is 1. The van der Waals surface area contributed by atoms with Crippen molar-refractivity contribution in [1.29, 1.82) is 0 Å². The van der Waals surface area contributed by atoms with Gasteiger partial charge in [0.2, 0.25) is 0 Å². The van der Waals surface area contributed by atoms with E-state index in [1.807, 2.05) is 13.8 Å². The maximum absolute atomic E-state index is 13.2. The van der Waals surface area contributed by atoms with Gasteiger partial charge in [-0.05, 0) is 67.4 Å². The largest absolute Gasteiger partial charge is 0.508 e. The number of Topliss-reactive ketones (excluding diaryl/α,β-unsaturated/α-hetero) is 1. The van der Waals surface area contributed by atoms with Crippen molar-refractivity contribution in [2.24, 2.45) is 0 Å². The summed E-state index contributed by atoms with van der Waals surface area (Å²) in [5, 5.41) is 21.0. The summed E-state index contributed by atoms with van der Waals surface area (Å²) in [7, 11) is 1.51. The van der Waals surface area contributed by atoms with Crippen LogP contribution in [0.15, 0.2) is 72.3 Å². The van der Waals surface area contributed by atoms with Gasteiger partial charge in [0.1, 0.15) is 23.0 Å². The van der Waals surface area contributed by atoms with Gasteiger partial charge in [0, 0.05) is 17.3 Å². The number of aryl methyl sites for hydroxylation is 1. The van der Waals surface area contributed by atoms with Crippen molar-refractivity contribution in [3.63, 3.8) is 0 Å². The summed E-state index contributed by atoms with van der Waals surface area (Å²) in [6.45, 7) is 4.22. The van der Waals surface area contributed by atoms with Crippen LogP contribution in [0.3, 0.4) is 0 Å². The highest BCUT2D eigenvalue weighted by molar-refractivity contribution is 6.51. The summed E-state index contributed by atoms with van der Waals surface area (Å²) in [6, 6.07) is 17.2. The number of methoxy groups -OCH3 is 1. The molecule has 174 valence electrons. The molecule has 0 aliphatic carbocycles. The van der Waals surface area contributed by atoms with Gasteiger partial charge in [-0.3, -0.25) is 14.5 Å². The van der Waals surface area contributed by atoms with Crippen molar-refractivity contribution in [2.45, 2.75) is 19.9 Å². The number of hydrogen-bond acceptors (Lipinski definition) is 6. The van der Waals surface area contributed by atoms with Crippen LogP contribution in [0.25, 0.3) is 5.76 Å². The van der Waals surface area contributed by atoms with Crippen molar-refractivity contribution < 1.29 is 29.3 Å². The number of aliphatic hydroxyl groups excluding tert-OH is 1. The van der Waals surface area contributed by atoms with Gasteiger partial charge in [-0.2, -0.15) is 0 Å². The molecular weight excluding hydrogens is 434 g/mol. The monoisotopic (exact) mass is 459 g/mol. The van der Waals surface area contributed by atoms with Crippen molar-refractivity contribution in [3.8, 4) is 17.2 Å². The van der Waals surface area contributed by atoms with E-state index in [9.17, 15) is 19.8 Å². The van der Waals surface area contributed by atoms with Gasteiger partial charge in [0.25, 0.3) is 11.7 Å². The Balaban J connectivity index is 1.91. The standard InChI is InChI=1S/C27H25NO6/c1-4-34-22-13-10-18(14-16(22)2)25(30)23-24(17-8-11-20(29)12-9-17)28(27(32)26(23)31)19-6-5-7-21(15-19)33-3/h5-15,24,29-30H,4H2,1-3H3/b25-23+. The molecule has 3 aromatic rings. The molecule has 7 heteroatoms. The second-order valence-corrected chi connectivity index (χ2v) is 7.88. The smallest absolute Gasteiger partial charge is 0.300 e. The van der Waals surface area contributed by atoms with Gasteiger partial charge < -0.3 is 19.7 Å². The first-order chi connectivity index (χ1) is 16.3. The third-order valence-electron chi connectivity index (χ3n) is 5.73. The highest BCUT2D eigenvalue weighted by Gasteiger charge is 2.47. The average molecular weight is 459 g/mol. The van der Waals surface area contributed by atoms with Gasteiger partial charge in [-0.1, -0.05) is 18.2 Å². The molecular formula is C27H25NO6. The number of carbonyl (C=O) groups is 2. The fraction of sp³-hybridized carbons (Fsp3) is 0.185. The van der Waals surface area contributed by atoms with Crippen LogP contribution in [0.4, 0.5) is 5.69 Å². The van der Waals surface area contributed by atoms with Gasteiger partial charge in [0.05, 0.1) is 25.3 Å². The molecule has 0 aromatic heterocycles. The van der Waals surface area contributed by atoms with Crippen LogP contribution in [-0.2, 0) is 9.59 Å². The Hall–Kier alpha value is -4.26. The number of phenolic OH excluding ortho intramolecular Hbond substituents is 1. The van der Waals surface area contributed by atoms with Gasteiger partial charge in [-0.25, -0.2) is 0 Å².